The summed E-state index contributed by atoms with van der Waals surface area (Å²) < 4.78 is 60.2. The Hall–Kier alpha value is -4.19. The SMILES string of the molecule is CCc1ccc(O)cc1.Cc1cccc2c(S(=O)(=O)Cl)cccc12.Cc1cccc2c(S(=O)(=O)Oc3ccc(CO[Si](C)(C)C(C)(C)C)cc3)cccc12. The summed E-state index contributed by atoms with van der Waals surface area (Å²) in [6, 6.07) is 35.8. The highest BCUT2D eigenvalue weighted by Crippen LogP contribution is 2.37. The molecule has 0 aliphatic heterocycles. The minimum atomic E-state index is -3.95. The number of phenols is 1. The lowest BCUT2D eigenvalue weighted by molar-refractivity contribution is 0.276. The Morgan fingerprint density at radius 1 is 0.630 bits per heavy atom. The molecule has 54 heavy (non-hydrogen) atoms. The van der Waals surface area contributed by atoms with Gasteiger partial charge in [0.25, 0.3) is 9.05 Å². The molecule has 0 amide bonds. The molecule has 0 aliphatic rings. The van der Waals surface area contributed by atoms with Crippen molar-refractivity contribution in [1.29, 1.82) is 0 Å². The summed E-state index contributed by atoms with van der Waals surface area (Å²) in [4.78, 5) is 0.347. The normalized spacial score (nSPS) is 12.0. The van der Waals surface area contributed by atoms with Crippen LogP contribution in [0.25, 0.3) is 21.5 Å². The molecule has 0 heterocycles. The molecule has 286 valence electrons. The summed E-state index contributed by atoms with van der Waals surface area (Å²) >= 11 is 0. The van der Waals surface area contributed by atoms with Crippen molar-refractivity contribution in [3.8, 4) is 11.5 Å². The minimum absolute atomic E-state index is 0.140. The number of hydrogen-bond acceptors (Lipinski definition) is 7. The predicted octanol–water partition coefficient (Wildman–Crippen LogP) is 11.5. The molecular formula is C43H49ClO7S2Si. The van der Waals surface area contributed by atoms with Gasteiger partial charge in [-0.2, -0.15) is 8.42 Å². The maximum Gasteiger partial charge on any atom is 0.339 e. The van der Waals surface area contributed by atoms with Crippen LogP contribution in [-0.2, 0) is 36.6 Å². The maximum absolute atomic E-state index is 12.9. The molecule has 6 aromatic carbocycles. The average molecular weight is 806 g/mol. The van der Waals surface area contributed by atoms with Crippen LogP contribution in [0, 0.1) is 13.8 Å². The molecule has 6 aromatic rings. The quantitative estimate of drug-likeness (QED) is 0.0927. The van der Waals surface area contributed by atoms with Crippen molar-refractivity contribution in [2.75, 3.05) is 0 Å². The van der Waals surface area contributed by atoms with Gasteiger partial charge in [0.15, 0.2) is 8.32 Å². The van der Waals surface area contributed by atoms with E-state index in [-0.39, 0.29) is 20.6 Å². The monoisotopic (exact) mass is 804 g/mol. The highest BCUT2D eigenvalue weighted by Gasteiger charge is 2.37. The lowest BCUT2D eigenvalue weighted by atomic mass is 10.1. The van der Waals surface area contributed by atoms with Crippen molar-refractivity contribution >= 4 is 59.7 Å². The van der Waals surface area contributed by atoms with E-state index in [1.807, 2.05) is 74.5 Å². The lowest BCUT2D eigenvalue weighted by Gasteiger charge is -2.36. The maximum atomic E-state index is 12.9. The van der Waals surface area contributed by atoms with E-state index in [0.29, 0.717) is 23.1 Å². The number of aromatic hydroxyl groups is 1. The molecule has 0 unspecified atom stereocenters. The van der Waals surface area contributed by atoms with Gasteiger partial charge >= 0.3 is 10.1 Å². The van der Waals surface area contributed by atoms with Crippen LogP contribution >= 0.6 is 10.7 Å². The van der Waals surface area contributed by atoms with Gasteiger partial charge in [-0.25, -0.2) is 8.42 Å². The molecule has 0 atom stereocenters. The van der Waals surface area contributed by atoms with Crippen molar-refractivity contribution in [2.45, 2.75) is 82.5 Å². The van der Waals surface area contributed by atoms with E-state index < -0.39 is 27.5 Å². The van der Waals surface area contributed by atoms with Gasteiger partial charge in [0.1, 0.15) is 16.4 Å². The molecule has 0 bridgehead atoms. The van der Waals surface area contributed by atoms with Crippen molar-refractivity contribution < 1.29 is 30.6 Å². The summed E-state index contributed by atoms with van der Waals surface area (Å²) in [6.45, 7) is 17.5. The van der Waals surface area contributed by atoms with E-state index in [4.69, 9.17) is 24.4 Å². The number of rotatable bonds is 8. The summed E-state index contributed by atoms with van der Waals surface area (Å²) in [6.07, 6.45) is 1.03. The third-order valence-electron chi connectivity index (χ3n) is 9.61. The van der Waals surface area contributed by atoms with Gasteiger partial charge in [-0.05, 0) is 108 Å². The van der Waals surface area contributed by atoms with Crippen molar-refractivity contribution in [3.63, 3.8) is 0 Å². The van der Waals surface area contributed by atoms with Gasteiger partial charge in [-0.1, -0.05) is 113 Å². The molecule has 0 saturated heterocycles. The minimum Gasteiger partial charge on any atom is -0.508 e. The second kappa shape index (κ2) is 17.5. The zero-order valence-corrected chi connectivity index (χ0v) is 35.4. The zero-order chi connectivity index (χ0) is 39.9. The first-order valence-corrected chi connectivity index (χ1v) is 24.2. The molecule has 0 radical (unpaired) electrons. The Morgan fingerprint density at radius 2 is 1.07 bits per heavy atom. The van der Waals surface area contributed by atoms with Crippen molar-refractivity contribution in [3.05, 3.63) is 144 Å². The average Bonchev–Trinajstić information content (AvgIpc) is 3.11. The molecule has 0 aromatic heterocycles. The Labute approximate surface area is 326 Å². The number of hydrogen-bond donors (Lipinski definition) is 1. The molecule has 11 heteroatoms. The molecule has 1 N–H and O–H groups in total. The fourth-order valence-corrected chi connectivity index (χ4v) is 8.52. The van der Waals surface area contributed by atoms with Gasteiger partial charge in [0.2, 0.25) is 0 Å². The van der Waals surface area contributed by atoms with Crippen LogP contribution < -0.4 is 4.18 Å². The highest BCUT2D eigenvalue weighted by atomic mass is 35.7. The molecule has 6 rings (SSSR count). The van der Waals surface area contributed by atoms with Gasteiger partial charge in [0.05, 0.1) is 11.5 Å². The summed E-state index contributed by atoms with van der Waals surface area (Å²) in [5.41, 5.74) is 4.31. The van der Waals surface area contributed by atoms with Gasteiger partial charge in [0, 0.05) is 21.5 Å². The standard InChI is InChI=1S/C24H30O4SSi.C11H9ClO2S.C8H10O/c1-18-9-7-11-22-21(18)10-8-12-23(22)29(25,26)28-20-15-13-19(14-16-20)17-27-30(5,6)24(2,3)4;1-8-4-2-6-10-9(8)5-3-7-11(10)15(12,13)14;1-2-7-3-5-8(9)6-4-7/h7-16H,17H2,1-6H3;2-7H,1H3;3-6,9H,2H2,1H3. The van der Waals surface area contributed by atoms with E-state index in [1.54, 1.807) is 54.6 Å². The van der Waals surface area contributed by atoms with Crippen LogP contribution in [0.1, 0.15) is 49.9 Å². The number of phenolic OH excluding ortho intramolecular Hbond substituents is 1. The predicted molar refractivity (Wildman–Crippen MR) is 224 cm³/mol. The highest BCUT2D eigenvalue weighted by molar-refractivity contribution is 8.14. The first-order valence-electron chi connectivity index (χ1n) is 17.6. The first kappa shape index (κ1) is 42.5. The lowest BCUT2D eigenvalue weighted by Crippen LogP contribution is -2.40. The van der Waals surface area contributed by atoms with Crippen molar-refractivity contribution in [1.82, 2.24) is 0 Å². The van der Waals surface area contributed by atoms with E-state index in [9.17, 15) is 16.8 Å². The number of benzene rings is 6. The van der Waals surface area contributed by atoms with Gasteiger partial charge < -0.3 is 13.7 Å². The van der Waals surface area contributed by atoms with E-state index >= 15 is 0 Å². The van der Waals surface area contributed by atoms with Crippen LogP contribution in [0.4, 0.5) is 0 Å². The summed E-state index contributed by atoms with van der Waals surface area (Å²) in [5, 5.41) is 12.1. The summed E-state index contributed by atoms with van der Waals surface area (Å²) in [7, 11) is -4.10. The van der Waals surface area contributed by atoms with Crippen LogP contribution in [-0.4, -0.2) is 30.3 Å². The Kier molecular flexibility index (Phi) is 13.8. The second-order valence-electron chi connectivity index (χ2n) is 14.5. The Morgan fingerprint density at radius 3 is 1.56 bits per heavy atom. The fourth-order valence-electron chi connectivity index (χ4n) is 5.33. The topological polar surface area (TPSA) is 107 Å². The fraction of sp³-hybridized carbons (Fsp3) is 0.256. The number of halogens is 1. The molecule has 0 fully saturated rings. The number of aryl methyl sites for hydroxylation is 3. The largest absolute Gasteiger partial charge is 0.508 e. The smallest absolute Gasteiger partial charge is 0.339 e. The van der Waals surface area contributed by atoms with Crippen LogP contribution in [0.15, 0.2) is 131 Å². The molecule has 7 nitrogen and oxygen atoms in total. The third-order valence-corrected chi connectivity index (χ3v) is 16.8. The van der Waals surface area contributed by atoms with E-state index in [2.05, 4.69) is 40.8 Å². The molecule has 0 spiro atoms. The van der Waals surface area contributed by atoms with E-state index in [0.717, 1.165) is 33.9 Å². The first-order chi connectivity index (χ1) is 25.2. The van der Waals surface area contributed by atoms with Crippen LogP contribution in [0.5, 0.6) is 11.5 Å². The van der Waals surface area contributed by atoms with E-state index in [1.165, 1.54) is 11.6 Å². The number of fused-ring (bicyclic) bond motifs is 2. The zero-order valence-electron chi connectivity index (χ0n) is 32.1. The van der Waals surface area contributed by atoms with Crippen LogP contribution in [0.3, 0.4) is 0 Å². The summed E-state index contributed by atoms with van der Waals surface area (Å²) in [5.74, 6) is 0.628. The molecule has 0 aliphatic carbocycles. The molecular weight excluding hydrogens is 756 g/mol. The molecule has 0 saturated carbocycles. The van der Waals surface area contributed by atoms with Crippen molar-refractivity contribution in [2.24, 2.45) is 0 Å². The Bertz CT molecular complexity index is 2420. The third kappa shape index (κ3) is 10.9. The van der Waals surface area contributed by atoms with Gasteiger partial charge in [-0.3, -0.25) is 0 Å². The Balaban J connectivity index is 0.000000222. The van der Waals surface area contributed by atoms with Crippen LogP contribution in [0.2, 0.25) is 18.1 Å². The second-order valence-corrected chi connectivity index (χ2v) is 23.4. The van der Waals surface area contributed by atoms with Gasteiger partial charge in [-0.15, -0.1) is 0 Å².